The van der Waals surface area contributed by atoms with Crippen LogP contribution in [0.15, 0.2) is 85.2 Å². The number of aliphatic hydroxyl groups excluding tert-OH is 1. The van der Waals surface area contributed by atoms with E-state index in [9.17, 15) is 68.1 Å². The predicted octanol–water partition coefficient (Wildman–Crippen LogP) is -0.669. The number of Topliss-reactive ketones (excluding diaryl/α,β-unsaturated/α-hetero) is 2. The van der Waals surface area contributed by atoms with Crippen LogP contribution in [0.2, 0.25) is 0 Å². The second kappa shape index (κ2) is 51.6. The van der Waals surface area contributed by atoms with Gasteiger partial charge in [-0.15, -0.1) is 11.8 Å². The fourth-order valence-electron chi connectivity index (χ4n) is 16.7. The number of nitrogens with two attached hydrogens (primary N) is 4. The van der Waals surface area contributed by atoms with Gasteiger partial charge in [0.1, 0.15) is 72.2 Å². The monoisotopic (exact) mass is 1870 g/mol. The van der Waals surface area contributed by atoms with Gasteiger partial charge in [0.25, 0.3) is 0 Å². The molecule has 0 aliphatic carbocycles. The number of fused-ring (bicyclic) bond motifs is 4. The van der Waals surface area contributed by atoms with Crippen LogP contribution in [-0.4, -0.2) is 313 Å². The van der Waals surface area contributed by atoms with Crippen molar-refractivity contribution in [3.63, 3.8) is 0 Å². The molecule has 5 heterocycles. The molecule has 3 aliphatic heterocycles. The molecule has 8 rings (SSSR count). The highest BCUT2D eigenvalue weighted by atomic mass is 32.2. The summed E-state index contributed by atoms with van der Waals surface area (Å²) in [5.41, 5.74) is 26.3. The van der Waals surface area contributed by atoms with Crippen LogP contribution in [-0.2, 0) is 106 Å². The molecule has 42 heteroatoms. The number of unbranched alkanes of at least 4 members (excludes halogenated alkanes) is 3. The molecule has 0 radical (unpaired) electrons. The van der Waals surface area contributed by atoms with E-state index in [0.717, 1.165) is 31.4 Å². The first-order valence-corrected chi connectivity index (χ1v) is 46.3. The Morgan fingerprint density at radius 3 is 1.66 bits per heavy atom. The average Bonchev–Trinajstić information content (AvgIpc) is 1.46. The van der Waals surface area contributed by atoms with E-state index < -0.39 is 266 Å². The summed E-state index contributed by atoms with van der Waals surface area (Å²) >= 11 is 0.783. The second-order valence-corrected chi connectivity index (χ2v) is 35.1. The number of thioether (sulfide) groups is 1. The molecule has 2 aromatic heterocycles. The summed E-state index contributed by atoms with van der Waals surface area (Å²) < 4.78 is 5.34. The van der Waals surface area contributed by atoms with Gasteiger partial charge in [0.2, 0.25) is 82.7 Å². The van der Waals surface area contributed by atoms with Crippen molar-refractivity contribution >= 4 is 140 Å². The maximum absolute atomic E-state index is 15.8. The number of rotatable bonds is 29. The minimum absolute atomic E-state index is 0.0198. The standard InChI is InChI=1S/C91H129N19O22S/c1-8-10-24-70-84(124)99-62(31-34-78(116)117)82(122)105-69(74(112)32-33-76(95)114)49-133-50-77(115)98-66(39-52-27-29-57(132-7)30-28-52)87(127)106(4)51(3)80(120)100-64(35-37-93)89(129)109-38-18-26-71(109)85(125)104-68(45-94)83(123)101-63(23-16-17-36-92)90(130)110-48-56(111)44-73(110)86(126)102-65(40-54-46-96-60-21-14-12-19-58(54)60)75(113)42-53(43-79(118)119)81(121)103-67(41-55-47-97-61-22-15-13-20-59(55)61)88(128)108(6)72(25-11-9-2)91(131)107(70)5/h12-15,19-22,27-30,46-47,51,53,56,62-73,96-97,111H,8-11,16-18,23-26,31-45,48-50,92-94H2,1-7H3,(H2,95,114)(H,98,115)(H,99,124)(H,100,120)(H,101,123)(H,102,126)(H,103,121)(H,104,125)(H,105,122)(H,116,117)(H,118,119)/t51-,53-,56+,62-,63-,64-,65-,66-,67-,68-,69-,70-,71-,72-,73-/m0/s1. The first-order chi connectivity index (χ1) is 63.4. The summed E-state index contributed by atoms with van der Waals surface area (Å²) in [4.78, 5) is 274. The van der Waals surface area contributed by atoms with Crippen molar-refractivity contribution in [2.24, 2.45) is 28.9 Å². The summed E-state index contributed by atoms with van der Waals surface area (Å²) in [6.07, 6.45) is -1.81. The van der Waals surface area contributed by atoms with Gasteiger partial charge in [-0.2, -0.15) is 0 Å². The number of hydrogen-bond donors (Lipinski definition) is 17. The number of nitrogens with zero attached hydrogens (tertiary/aromatic N) is 5. The van der Waals surface area contributed by atoms with Gasteiger partial charge in [-0.05, 0) is 119 Å². The zero-order valence-electron chi connectivity index (χ0n) is 76.3. The molecule has 41 nitrogen and oxygen atoms in total. The van der Waals surface area contributed by atoms with E-state index in [1.165, 1.54) is 40.1 Å². The van der Waals surface area contributed by atoms with E-state index in [4.69, 9.17) is 27.7 Å². The number of carboxylic acids is 2. The van der Waals surface area contributed by atoms with Crippen molar-refractivity contribution in [2.45, 2.75) is 247 Å². The van der Waals surface area contributed by atoms with Crippen molar-refractivity contribution in [3.8, 4) is 5.75 Å². The number of carbonyl (C=O) groups excluding carboxylic acids is 16. The van der Waals surface area contributed by atoms with E-state index in [0.29, 0.717) is 63.5 Å². The van der Waals surface area contributed by atoms with Crippen LogP contribution in [0.1, 0.15) is 159 Å². The van der Waals surface area contributed by atoms with Gasteiger partial charge in [0.05, 0.1) is 43.4 Å². The number of methoxy groups -OCH3 is 1. The molecule has 5 aromatic rings. The molecular formula is C91H129N19O22S. The van der Waals surface area contributed by atoms with Crippen LogP contribution in [0.25, 0.3) is 21.8 Å². The molecule has 0 saturated carbocycles. The highest BCUT2D eigenvalue weighted by molar-refractivity contribution is 8.00. The molecule has 3 aliphatic rings. The summed E-state index contributed by atoms with van der Waals surface area (Å²) in [7, 11) is 5.32. The van der Waals surface area contributed by atoms with E-state index in [1.54, 1.807) is 92.1 Å². The van der Waals surface area contributed by atoms with E-state index in [-0.39, 0.29) is 96.7 Å². The number of para-hydroxylation sites is 2. The number of nitrogens with one attached hydrogen (secondary N) is 10. The van der Waals surface area contributed by atoms with Crippen molar-refractivity contribution in [3.05, 3.63) is 102 Å². The Hall–Kier alpha value is -12.4. The molecule has 3 fully saturated rings. The number of aliphatic hydroxyl groups is 1. The molecule has 3 aromatic carbocycles. The first-order valence-electron chi connectivity index (χ1n) is 45.2. The Kier molecular flexibility index (Phi) is 41.1. The zero-order chi connectivity index (χ0) is 97.4. The quantitative estimate of drug-likeness (QED) is 0.0264. The fourth-order valence-corrected chi connectivity index (χ4v) is 17.6. The Labute approximate surface area is 775 Å². The van der Waals surface area contributed by atoms with Gasteiger partial charge < -0.3 is 120 Å². The average molecular weight is 1870 g/mol. The number of hydrogen-bond acceptors (Lipinski definition) is 24. The lowest BCUT2D eigenvalue weighted by Gasteiger charge is -2.36. The third kappa shape index (κ3) is 29.8. The minimum atomic E-state index is -1.81. The number of amides is 14. The maximum atomic E-state index is 15.8. The van der Waals surface area contributed by atoms with E-state index in [2.05, 4.69) is 52.5 Å². The van der Waals surface area contributed by atoms with Crippen molar-refractivity contribution in [1.82, 2.24) is 77.0 Å². The molecule has 726 valence electrons. The number of H-pyrrole nitrogens is 2. The zero-order valence-corrected chi connectivity index (χ0v) is 77.1. The van der Waals surface area contributed by atoms with Gasteiger partial charge in [0, 0.05) is 132 Å². The summed E-state index contributed by atoms with van der Waals surface area (Å²) in [6.45, 7) is 3.89. The SMILES string of the molecule is CCCC[C@H]1C(=O)N(C)[C@@H](CCCC)C(=O)N[C@@H](CCC(=O)O)C(=O)N[C@H](C(=O)CCC(N)=O)CSCC(=O)N[C@@H](Cc2ccc(OC)cc2)C(=O)N(C)[C@@H](C)C(=O)N[C@@H](CCN)C(=O)N2CCC[C@H]2C(=O)N[C@@H](CN)C(=O)N[C@@H](CCCCN)C(=O)N2C[C@H](O)C[C@H]2C(=O)N[C@@H](Cc2c[nH]c3ccccc23)C(=O)C[C@@H](CC(=O)O)C(=O)N[C@@H](Cc2c[nH]c3ccccc23)C(=O)N1C. The highest BCUT2D eigenvalue weighted by Crippen LogP contribution is 2.29. The van der Waals surface area contributed by atoms with E-state index >= 15 is 33.6 Å². The lowest BCUT2D eigenvalue weighted by atomic mass is 9.91. The van der Waals surface area contributed by atoms with Crippen LogP contribution in [0.3, 0.4) is 0 Å². The Morgan fingerprint density at radius 1 is 0.511 bits per heavy atom. The number of carbonyl (C=O) groups is 18. The number of aromatic amines is 2. The number of likely N-dealkylation sites (N-methyl/N-ethyl adjacent to an activating group) is 3. The third-order valence-corrected chi connectivity index (χ3v) is 25.5. The molecule has 133 heavy (non-hydrogen) atoms. The Balaban J connectivity index is 1.20. The van der Waals surface area contributed by atoms with Gasteiger partial charge in [-0.1, -0.05) is 88.1 Å². The van der Waals surface area contributed by atoms with Crippen molar-refractivity contribution in [2.75, 3.05) is 72.5 Å². The largest absolute Gasteiger partial charge is 0.497 e. The normalized spacial score (nSPS) is 25.0. The summed E-state index contributed by atoms with van der Waals surface area (Å²) in [6, 6.07) is 0.733. The lowest BCUT2D eigenvalue weighted by Crippen LogP contribution is -2.61. The Bertz CT molecular complexity index is 4950. The number of benzene rings is 3. The molecule has 0 bridgehead atoms. The number of primary amides is 1. The molecule has 0 spiro atoms. The number of ketones is 2. The molecule has 0 unspecified atom stereocenters. The number of aromatic nitrogens is 2. The van der Waals surface area contributed by atoms with Gasteiger partial charge in [0.15, 0.2) is 11.6 Å². The molecule has 3 saturated heterocycles. The molecule has 21 N–H and O–H groups in total. The lowest BCUT2D eigenvalue weighted by molar-refractivity contribution is -0.150. The van der Waals surface area contributed by atoms with Crippen LogP contribution >= 0.6 is 11.8 Å². The molecule has 15 atom stereocenters. The fraction of sp³-hybridized carbons (Fsp3) is 0.560. The van der Waals surface area contributed by atoms with Crippen LogP contribution in [0.5, 0.6) is 5.75 Å². The highest BCUT2D eigenvalue weighted by Gasteiger charge is 2.47. The smallest absolute Gasteiger partial charge is 0.304 e. The van der Waals surface area contributed by atoms with Gasteiger partial charge in [-0.3, -0.25) is 86.3 Å². The third-order valence-electron chi connectivity index (χ3n) is 24.5. The second-order valence-electron chi connectivity index (χ2n) is 34.1. The number of ether oxygens (including phenoxy) is 1. The Morgan fingerprint density at radius 2 is 1.06 bits per heavy atom. The number of aliphatic carboxylic acids is 2. The van der Waals surface area contributed by atoms with Crippen LogP contribution in [0.4, 0.5) is 0 Å². The predicted molar refractivity (Wildman–Crippen MR) is 490 cm³/mol. The molecular weight excluding hydrogens is 1740 g/mol. The van der Waals surface area contributed by atoms with Crippen LogP contribution < -0.4 is 70.2 Å². The minimum Gasteiger partial charge on any atom is -0.497 e. The van der Waals surface area contributed by atoms with Crippen LogP contribution in [0, 0.1) is 5.92 Å². The van der Waals surface area contributed by atoms with Crippen molar-refractivity contribution < 1.29 is 106 Å². The summed E-state index contributed by atoms with van der Waals surface area (Å²) in [5, 5.41) is 54.6. The topological polar surface area (TPSA) is 625 Å². The van der Waals surface area contributed by atoms with E-state index in [1.807, 2.05) is 6.92 Å². The number of carboxylic acid groups (broad SMARTS) is 2. The van der Waals surface area contributed by atoms with Crippen molar-refractivity contribution in [1.29, 1.82) is 0 Å². The summed E-state index contributed by atoms with van der Waals surface area (Å²) in [5.74, 6) is -19.7. The van der Waals surface area contributed by atoms with Gasteiger partial charge >= 0.3 is 11.9 Å². The first kappa shape index (κ1) is 106. The van der Waals surface area contributed by atoms with Gasteiger partial charge in [-0.25, -0.2) is 0 Å². The maximum Gasteiger partial charge on any atom is 0.304 e. The molecule has 14 amide bonds.